The summed E-state index contributed by atoms with van der Waals surface area (Å²) in [6, 6.07) is 8.31. The van der Waals surface area contributed by atoms with Crippen molar-refractivity contribution in [2.24, 2.45) is 4.99 Å². The Balaban J connectivity index is 1.47. The first-order chi connectivity index (χ1) is 14.7. The number of fused-ring (bicyclic) bond motifs is 1. The van der Waals surface area contributed by atoms with Gasteiger partial charge in [-0.3, -0.25) is 4.99 Å². The summed E-state index contributed by atoms with van der Waals surface area (Å²) in [7, 11) is 1.70. The number of aliphatic imine (C=N–C) groups is 1. The smallest absolute Gasteiger partial charge is 0.191 e. The number of hydrogen-bond donors (Lipinski definition) is 2. The molecule has 0 fully saturated rings. The first-order valence-electron chi connectivity index (χ1n) is 11.3. The molecular weight excluding hydrogens is 376 g/mol. The van der Waals surface area contributed by atoms with Crippen molar-refractivity contribution in [1.29, 1.82) is 0 Å². The van der Waals surface area contributed by atoms with Gasteiger partial charge in [0.1, 0.15) is 17.4 Å². The lowest BCUT2D eigenvalue weighted by Gasteiger charge is -2.14. The van der Waals surface area contributed by atoms with E-state index in [1.165, 1.54) is 24.8 Å². The van der Waals surface area contributed by atoms with Crippen molar-refractivity contribution in [3.8, 4) is 5.75 Å². The van der Waals surface area contributed by atoms with E-state index in [1.807, 2.05) is 12.1 Å². The van der Waals surface area contributed by atoms with E-state index in [4.69, 9.17) is 9.73 Å². The van der Waals surface area contributed by atoms with E-state index < -0.39 is 0 Å². The highest BCUT2D eigenvalue weighted by Crippen LogP contribution is 2.21. The van der Waals surface area contributed by atoms with Gasteiger partial charge in [-0.2, -0.15) is 0 Å². The largest absolute Gasteiger partial charge is 0.497 e. The predicted molar refractivity (Wildman–Crippen MR) is 121 cm³/mol. The van der Waals surface area contributed by atoms with Gasteiger partial charge in [-0.25, -0.2) is 0 Å². The zero-order valence-corrected chi connectivity index (χ0v) is 18.7. The number of rotatable bonds is 9. The predicted octanol–water partition coefficient (Wildman–Crippen LogP) is 3.30. The molecule has 1 aromatic heterocycles. The number of ether oxygens (including phenoxy) is 1. The number of benzene rings is 1. The molecule has 0 amide bonds. The van der Waals surface area contributed by atoms with Gasteiger partial charge in [0, 0.05) is 39.0 Å². The van der Waals surface area contributed by atoms with Gasteiger partial charge in [0.25, 0.3) is 0 Å². The molecule has 3 rings (SSSR count). The number of guanidine groups is 1. The number of aromatic nitrogens is 3. The first-order valence-corrected chi connectivity index (χ1v) is 11.3. The van der Waals surface area contributed by atoms with Crippen LogP contribution in [0.15, 0.2) is 29.3 Å². The van der Waals surface area contributed by atoms with Gasteiger partial charge in [0.2, 0.25) is 0 Å². The van der Waals surface area contributed by atoms with Gasteiger partial charge in [0.15, 0.2) is 5.96 Å². The summed E-state index contributed by atoms with van der Waals surface area (Å²) in [6.07, 6.45) is 6.65. The molecule has 2 aromatic rings. The van der Waals surface area contributed by atoms with E-state index in [-0.39, 0.29) is 0 Å². The number of nitrogens with zero attached hydrogens (tertiary/aromatic N) is 4. The molecule has 0 spiro atoms. The molecule has 1 unspecified atom stereocenters. The second-order valence-electron chi connectivity index (χ2n) is 7.90. The maximum absolute atomic E-state index is 5.24. The average Bonchev–Trinajstić information content (AvgIpc) is 2.99. The summed E-state index contributed by atoms with van der Waals surface area (Å²) in [5.41, 5.74) is 1.32. The molecule has 1 aliphatic heterocycles. The molecule has 0 bridgehead atoms. The minimum atomic E-state index is 0.453. The maximum atomic E-state index is 5.24. The standard InChI is InChI=1S/C23H36N6O/c1-4-24-23(25-15-13-18(2)19-9-11-20(30-3)12-10-19)26-16-14-22-28-27-21-8-6-5-7-17-29(21)22/h9-12,18H,4-8,13-17H2,1-3H3,(H2,24,25,26). The van der Waals surface area contributed by atoms with E-state index in [1.54, 1.807) is 7.11 Å². The topological polar surface area (TPSA) is 76.4 Å². The van der Waals surface area contributed by atoms with E-state index >= 15 is 0 Å². The SMILES string of the molecule is CCNC(=NCCC(C)c1ccc(OC)cc1)NCCc1nnc2n1CCCCC2. The average molecular weight is 413 g/mol. The van der Waals surface area contributed by atoms with Crippen molar-refractivity contribution in [2.75, 3.05) is 26.7 Å². The van der Waals surface area contributed by atoms with Crippen molar-refractivity contribution in [1.82, 2.24) is 25.4 Å². The summed E-state index contributed by atoms with van der Waals surface area (Å²) in [6.45, 7) is 7.82. The Morgan fingerprint density at radius 2 is 2.00 bits per heavy atom. The second-order valence-corrected chi connectivity index (χ2v) is 7.90. The van der Waals surface area contributed by atoms with Gasteiger partial charge in [-0.15, -0.1) is 10.2 Å². The fourth-order valence-electron chi connectivity index (χ4n) is 3.83. The lowest BCUT2D eigenvalue weighted by molar-refractivity contribution is 0.414. The second kappa shape index (κ2) is 11.6. The van der Waals surface area contributed by atoms with Crippen LogP contribution in [0.25, 0.3) is 0 Å². The zero-order chi connectivity index (χ0) is 21.2. The van der Waals surface area contributed by atoms with Crippen molar-refractivity contribution < 1.29 is 4.74 Å². The molecule has 0 saturated carbocycles. The van der Waals surface area contributed by atoms with Crippen LogP contribution in [0, 0.1) is 0 Å². The Bertz CT molecular complexity index is 799. The molecule has 2 heterocycles. The van der Waals surface area contributed by atoms with Gasteiger partial charge >= 0.3 is 0 Å². The third-order valence-electron chi connectivity index (χ3n) is 5.69. The van der Waals surface area contributed by atoms with Crippen LogP contribution in [0.4, 0.5) is 0 Å². The Morgan fingerprint density at radius 3 is 2.77 bits per heavy atom. The maximum Gasteiger partial charge on any atom is 0.191 e. The van der Waals surface area contributed by atoms with E-state index in [0.717, 1.165) is 68.8 Å². The van der Waals surface area contributed by atoms with Crippen molar-refractivity contribution in [3.05, 3.63) is 41.5 Å². The van der Waals surface area contributed by atoms with E-state index in [9.17, 15) is 0 Å². The Morgan fingerprint density at radius 1 is 1.17 bits per heavy atom. The molecule has 0 aliphatic carbocycles. The number of methoxy groups -OCH3 is 1. The molecule has 7 heteroatoms. The summed E-state index contributed by atoms with van der Waals surface area (Å²) in [5.74, 6) is 4.45. The fourth-order valence-corrected chi connectivity index (χ4v) is 3.83. The normalized spacial score (nSPS) is 15.2. The number of nitrogens with one attached hydrogen (secondary N) is 2. The summed E-state index contributed by atoms with van der Waals surface area (Å²) >= 11 is 0. The summed E-state index contributed by atoms with van der Waals surface area (Å²) in [4.78, 5) is 4.76. The third-order valence-corrected chi connectivity index (χ3v) is 5.69. The van der Waals surface area contributed by atoms with Crippen molar-refractivity contribution >= 4 is 5.96 Å². The van der Waals surface area contributed by atoms with Gasteiger partial charge in [0.05, 0.1) is 7.11 Å². The molecule has 1 aliphatic rings. The molecule has 1 atom stereocenters. The quantitative estimate of drug-likeness (QED) is 0.488. The molecule has 0 saturated heterocycles. The fraction of sp³-hybridized carbons (Fsp3) is 0.609. The van der Waals surface area contributed by atoms with Crippen LogP contribution in [-0.4, -0.2) is 47.5 Å². The minimum Gasteiger partial charge on any atom is -0.497 e. The summed E-state index contributed by atoms with van der Waals surface area (Å²) in [5, 5.41) is 15.6. The zero-order valence-electron chi connectivity index (χ0n) is 18.7. The van der Waals surface area contributed by atoms with E-state index in [0.29, 0.717) is 5.92 Å². The highest BCUT2D eigenvalue weighted by Gasteiger charge is 2.14. The summed E-state index contributed by atoms with van der Waals surface area (Å²) < 4.78 is 7.56. The van der Waals surface area contributed by atoms with E-state index in [2.05, 4.69) is 51.4 Å². The van der Waals surface area contributed by atoms with Crippen LogP contribution in [0.3, 0.4) is 0 Å². The van der Waals surface area contributed by atoms with Gasteiger partial charge in [-0.05, 0) is 49.8 Å². The minimum absolute atomic E-state index is 0.453. The highest BCUT2D eigenvalue weighted by atomic mass is 16.5. The van der Waals surface area contributed by atoms with Gasteiger partial charge < -0.3 is 19.9 Å². The first kappa shape index (κ1) is 22.1. The van der Waals surface area contributed by atoms with Crippen molar-refractivity contribution in [3.63, 3.8) is 0 Å². The molecule has 2 N–H and O–H groups in total. The van der Waals surface area contributed by atoms with Crippen LogP contribution in [0.1, 0.15) is 62.7 Å². The lowest BCUT2D eigenvalue weighted by atomic mass is 9.98. The van der Waals surface area contributed by atoms with Crippen LogP contribution in [-0.2, 0) is 19.4 Å². The number of aryl methyl sites for hydroxylation is 1. The van der Waals surface area contributed by atoms with Crippen LogP contribution in [0.5, 0.6) is 5.75 Å². The molecule has 7 nitrogen and oxygen atoms in total. The Kier molecular flexibility index (Phi) is 8.53. The third kappa shape index (κ3) is 6.21. The van der Waals surface area contributed by atoms with Crippen LogP contribution >= 0.6 is 0 Å². The van der Waals surface area contributed by atoms with Gasteiger partial charge in [-0.1, -0.05) is 25.5 Å². The monoisotopic (exact) mass is 412 g/mol. The molecule has 0 radical (unpaired) electrons. The number of hydrogen-bond acceptors (Lipinski definition) is 4. The Labute approximate surface area is 180 Å². The van der Waals surface area contributed by atoms with Crippen LogP contribution in [0.2, 0.25) is 0 Å². The molecule has 30 heavy (non-hydrogen) atoms. The molecular formula is C23H36N6O. The molecule has 1 aromatic carbocycles. The lowest BCUT2D eigenvalue weighted by Crippen LogP contribution is -2.38. The highest BCUT2D eigenvalue weighted by molar-refractivity contribution is 5.79. The van der Waals surface area contributed by atoms with Crippen molar-refractivity contribution in [2.45, 2.75) is 64.8 Å². The molecule has 164 valence electrons. The Hall–Kier alpha value is -2.57. The van der Waals surface area contributed by atoms with Crippen LogP contribution < -0.4 is 15.4 Å².